The van der Waals surface area contributed by atoms with E-state index in [1.807, 2.05) is 24.3 Å². The quantitative estimate of drug-likeness (QED) is 0.794. The Hall–Kier alpha value is -2.37. The number of nitrogens with one attached hydrogen (secondary N) is 1. The molecular formula is C19H26N2O4. The normalized spacial score (nSPS) is 19.6. The van der Waals surface area contributed by atoms with Gasteiger partial charge in [-0.3, -0.25) is 14.4 Å². The van der Waals surface area contributed by atoms with Crippen LogP contribution in [0.5, 0.6) is 0 Å². The first kappa shape index (κ1) is 19.0. The first-order chi connectivity index (χ1) is 11.8. The van der Waals surface area contributed by atoms with E-state index in [2.05, 4.69) is 19.2 Å². The molecule has 25 heavy (non-hydrogen) atoms. The molecule has 1 saturated heterocycles. The molecule has 3 atom stereocenters. The second kappa shape index (κ2) is 8.14. The van der Waals surface area contributed by atoms with Gasteiger partial charge in [-0.15, -0.1) is 0 Å². The molecular weight excluding hydrogens is 320 g/mol. The van der Waals surface area contributed by atoms with Gasteiger partial charge in [-0.1, -0.05) is 39.0 Å². The van der Waals surface area contributed by atoms with Crippen LogP contribution < -0.4 is 10.2 Å². The van der Waals surface area contributed by atoms with Crippen molar-refractivity contribution < 1.29 is 19.5 Å². The van der Waals surface area contributed by atoms with E-state index in [0.717, 1.165) is 17.7 Å². The largest absolute Gasteiger partial charge is 0.481 e. The maximum absolute atomic E-state index is 12.5. The van der Waals surface area contributed by atoms with Gasteiger partial charge < -0.3 is 15.3 Å². The van der Waals surface area contributed by atoms with Gasteiger partial charge in [-0.25, -0.2) is 0 Å². The molecule has 1 heterocycles. The van der Waals surface area contributed by atoms with Gasteiger partial charge >= 0.3 is 5.97 Å². The van der Waals surface area contributed by atoms with Gasteiger partial charge in [0.05, 0.1) is 11.8 Å². The van der Waals surface area contributed by atoms with Crippen molar-refractivity contribution in [3.8, 4) is 0 Å². The lowest BCUT2D eigenvalue weighted by Crippen LogP contribution is -2.37. The minimum Gasteiger partial charge on any atom is -0.481 e. The summed E-state index contributed by atoms with van der Waals surface area (Å²) in [6.07, 6.45) is 1.12. The van der Waals surface area contributed by atoms with Gasteiger partial charge in [-0.05, 0) is 24.0 Å². The number of benzene rings is 1. The molecule has 6 heteroatoms. The molecule has 1 aromatic rings. The number of carboxylic acid groups (broad SMARTS) is 1. The van der Waals surface area contributed by atoms with E-state index in [-0.39, 0.29) is 24.8 Å². The average molecular weight is 346 g/mol. The van der Waals surface area contributed by atoms with Gasteiger partial charge in [0.15, 0.2) is 0 Å². The highest BCUT2D eigenvalue weighted by Crippen LogP contribution is 2.33. The number of anilines is 1. The third-order valence-corrected chi connectivity index (χ3v) is 4.87. The van der Waals surface area contributed by atoms with Crippen LogP contribution in [0.1, 0.15) is 45.1 Å². The zero-order valence-electron chi connectivity index (χ0n) is 15.0. The topological polar surface area (TPSA) is 86.7 Å². The van der Waals surface area contributed by atoms with Crippen molar-refractivity contribution >= 4 is 23.5 Å². The molecule has 136 valence electrons. The van der Waals surface area contributed by atoms with E-state index in [0.29, 0.717) is 12.5 Å². The van der Waals surface area contributed by atoms with Crippen LogP contribution in [0.2, 0.25) is 0 Å². The molecule has 6 nitrogen and oxygen atoms in total. The number of carbonyl (C=O) groups excluding carboxylic acids is 2. The van der Waals surface area contributed by atoms with Gasteiger partial charge in [0.2, 0.25) is 11.8 Å². The smallest absolute Gasteiger partial charge is 0.308 e. The number of carboxylic acids is 1. The second-order valence-corrected chi connectivity index (χ2v) is 6.76. The van der Waals surface area contributed by atoms with Crippen molar-refractivity contribution in [2.75, 3.05) is 18.0 Å². The molecule has 0 bridgehead atoms. The summed E-state index contributed by atoms with van der Waals surface area (Å²) >= 11 is 0. The number of hydrogen-bond acceptors (Lipinski definition) is 3. The Bertz CT molecular complexity index is 659. The Morgan fingerprint density at radius 1 is 1.32 bits per heavy atom. The first-order valence-corrected chi connectivity index (χ1v) is 8.74. The van der Waals surface area contributed by atoms with E-state index >= 15 is 0 Å². The molecule has 0 radical (unpaired) electrons. The summed E-state index contributed by atoms with van der Waals surface area (Å²) in [5, 5.41) is 11.5. The number of para-hydroxylation sites is 1. The predicted molar refractivity (Wildman–Crippen MR) is 95.4 cm³/mol. The van der Waals surface area contributed by atoms with E-state index in [1.54, 1.807) is 4.90 Å². The SMILES string of the molecule is CCC(C)c1ccccc1N1CC(C(=O)NCC(C)C(=O)O)CC1=O. The van der Waals surface area contributed by atoms with Crippen molar-refractivity contribution in [2.45, 2.75) is 39.5 Å². The lowest BCUT2D eigenvalue weighted by atomic mass is 9.96. The number of nitrogens with zero attached hydrogens (tertiary/aromatic N) is 1. The molecule has 1 fully saturated rings. The Balaban J connectivity index is 2.08. The van der Waals surface area contributed by atoms with E-state index in [1.165, 1.54) is 6.92 Å². The lowest BCUT2D eigenvalue weighted by molar-refractivity contribution is -0.141. The number of hydrogen-bond donors (Lipinski definition) is 2. The van der Waals surface area contributed by atoms with E-state index in [4.69, 9.17) is 5.11 Å². The molecule has 1 aromatic carbocycles. The van der Waals surface area contributed by atoms with Crippen LogP contribution in [0.4, 0.5) is 5.69 Å². The predicted octanol–water partition coefficient (Wildman–Crippen LogP) is 2.39. The summed E-state index contributed by atoms with van der Waals surface area (Å²) in [7, 11) is 0. The zero-order chi connectivity index (χ0) is 18.6. The van der Waals surface area contributed by atoms with Gasteiger partial charge in [0.25, 0.3) is 0 Å². The fraction of sp³-hybridized carbons (Fsp3) is 0.526. The molecule has 1 aliphatic heterocycles. The molecule has 2 N–H and O–H groups in total. The molecule has 2 rings (SSSR count). The van der Waals surface area contributed by atoms with Gasteiger partial charge in [0, 0.05) is 25.2 Å². The lowest BCUT2D eigenvalue weighted by Gasteiger charge is -2.23. The Labute approximate surface area is 148 Å². The van der Waals surface area contributed by atoms with Crippen molar-refractivity contribution in [3.05, 3.63) is 29.8 Å². The molecule has 1 aliphatic rings. The summed E-state index contributed by atoms with van der Waals surface area (Å²) in [6, 6.07) is 7.81. The Morgan fingerprint density at radius 2 is 2.00 bits per heavy atom. The Morgan fingerprint density at radius 3 is 2.64 bits per heavy atom. The third-order valence-electron chi connectivity index (χ3n) is 4.87. The molecule has 0 aromatic heterocycles. The number of carbonyl (C=O) groups is 3. The maximum atomic E-state index is 12.5. The Kier molecular flexibility index (Phi) is 6.17. The molecule has 0 saturated carbocycles. The van der Waals surface area contributed by atoms with Crippen molar-refractivity contribution in [3.63, 3.8) is 0 Å². The van der Waals surface area contributed by atoms with E-state index in [9.17, 15) is 14.4 Å². The standard InChI is InChI=1S/C19H26N2O4/c1-4-12(2)15-7-5-6-8-16(15)21-11-14(9-17(21)22)18(23)20-10-13(3)19(24)25/h5-8,12-14H,4,9-11H2,1-3H3,(H,20,23)(H,24,25). The highest BCUT2D eigenvalue weighted by molar-refractivity contribution is 6.01. The number of rotatable bonds is 7. The highest BCUT2D eigenvalue weighted by atomic mass is 16.4. The minimum atomic E-state index is -0.952. The van der Waals surface area contributed by atoms with Crippen LogP contribution in [-0.2, 0) is 14.4 Å². The van der Waals surface area contributed by atoms with E-state index < -0.39 is 17.8 Å². The minimum absolute atomic E-state index is 0.0674. The van der Waals surface area contributed by atoms with Crippen molar-refractivity contribution in [2.24, 2.45) is 11.8 Å². The van der Waals surface area contributed by atoms with Crippen LogP contribution in [0.3, 0.4) is 0 Å². The van der Waals surface area contributed by atoms with Crippen LogP contribution in [0, 0.1) is 11.8 Å². The first-order valence-electron chi connectivity index (χ1n) is 8.74. The van der Waals surface area contributed by atoms with Crippen LogP contribution >= 0.6 is 0 Å². The summed E-state index contributed by atoms with van der Waals surface area (Å²) < 4.78 is 0. The van der Waals surface area contributed by atoms with Gasteiger partial charge in [-0.2, -0.15) is 0 Å². The van der Waals surface area contributed by atoms with Crippen molar-refractivity contribution in [1.29, 1.82) is 0 Å². The third kappa shape index (κ3) is 4.38. The fourth-order valence-corrected chi connectivity index (χ4v) is 2.97. The highest BCUT2D eigenvalue weighted by Gasteiger charge is 2.36. The summed E-state index contributed by atoms with van der Waals surface area (Å²) in [6.45, 7) is 6.17. The molecule has 2 amide bonds. The monoisotopic (exact) mass is 346 g/mol. The summed E-state index contributed by atoms with van der Waals surface area (Å²) in [5.74, 6) is -2.05. The van der Waals surface area contributed by atoms with Gasteiger partial charge in [0.1, 0.15) is 0 Å². The fourth-order valence-electron chi connectivity index (χ4n) is 2.97. The molecule has 0 spiro atoms. The number of aliphatic carboxylic acids is 1. The van der Waals surface area contributed by atoms with Crippen molar-refractivity contribution in [1.82, 2.24) is 5.32 Å². The average Bonchev–Trinajstić information content (AvgIpc) is 3.00. The number of amides is 2. The summed E-state index contributed by atoms with van der Waals surface area (Å²) in [4.78, 5) is 37.3. The molecule has 3 unspecified atom stereocenters. The molecule has 0 aliphatic carbocycles. The van der Waals surface area contributed by atoms with Crippen LogP contribution in [0.15, 0.2) is 24.3 Å². The van der Waals surface area contributed by atoms with Crippen LogP contribution in [0.25, 0.3) is 0 Å². The summed E-state index contributed by atoms with van der Waals surface area (Å²) in [5.41, 5.74) is 1.98. The second-order valence-electron chi connectivity index (χ2n) is 6.76. The van der Waals surface area contributed by atoms with Crippen LogP contribution in [-0.4, -0.2) is 36.0 Å². The zero-order valence-corrected chi connectivity index (χ0v) is 15.0. The maximum Gasteiger partial charge on any atom is 0.308 e.